The van der Waals surface area contributed by atoms with Gasteiger partial charge in [0.05, 0.1) is 0 Å². The van der Waals surface area contributed by atoms with Crippen molar-refractivity contribution in [3.05, 3.63) is 59.8 Å². The van der Waals surface area contributed by atoms with E-state index in [2.05, 4.69) is 39.2 Å². The number of nitrogens with one attached hydrogen (secondary N) is 1. The molecule has 2 aromatic rings. The van der Waals surface area contributed by atoms with Crippen LogP contribution in [0, 0.1) is 5.92 Å². The van der Waals surface area contributed by atoms with Gasteiger partial charge in [-0.3, -0.25) is 4.99 Å². The molecule has 5 nitrogen and oxygen atoms in total. The molecule has 1 aliphatic heterocycles. The van der Waals surface area contributed by atoms with Crippen molar-refractivity contribution < 1.29 is 4.74 Å². The quantitative estimate of drug-likeness (QED) is 0.398. The van der Waals surface area contributed by atoms with Crippen molar-refractivity contribution in [1.82, 2.24) is 15.2 Å². The average molecular weight is 480 g/mol. The fourth-order valence-corrected chi connectivity index (χ4v) is 3.30. The van der Waals surface area contributed by atoms with Gasteiger partial charge in [0.25, 0.3) is 0 Å². The molecule has 1 aromatic carbocycles. The van der Waals surface area contributed by atoms with Gasteiger partial charge < -0.3 is 15.0 Å². The van der Waals surface area contributed by atoms with E-state index in [-0.39, 0.29) is 24.0 Å². The Morgan fingerprint density at radius 2 is 2.07 bits per heavy atom. The zero-order valence-electron chi connectivity index (χ0n) is 16.1. The molecule has 27 heavy (non-hydrogen) atoms. The summed E-state index contributed by atoms with van der Waals surface area (Å²) in [5, 5.41) is 3.47. The van der Waals surface area contributed by atoms with E-state index < -0.39 is 0 Å². The van der Waals surface area contributed by atoms with Crippen LogP contribution in [0.1, 0.15) is 30.9 Å². The van der Waals surface area contributed by atoms with Gasteiger partial charge in [0.2, 0.25) is 5.88 Å². The molecular weight excluding hydrogens is 451 g/mol. The zero-order chi connectivity index (χ0) is 18.2. The Morgan fingerprint density at radius 3 is 2.81 bits per heavy atom. The van der Waals surface area contributed by atoms with Gasteiger partial charge in [-0.05, 0) is 30.4 Å². The summed E-state index contributed by atoms with van der Waals surface area (Å²) in [6.45, 7) is 5.59. The third-order valence-corrected chi connectivity index (χ3v) is 4.67. The molecule has 1 fully saturated rings. The Balaban J connectivity index is 0.00000261. The number of nitrogens with zero attached hydrogens (tertiary/aromatic N) is 3. The summed E-state index contributed by atoms with van der Waals surface area (Å²) in [6.07, 6.45) is 4.29. The number of hydrogen-bond acceptors (Lipinski definition) is 3. The number of benzene rings is 1. The molecule has 2 heterocycles. The van der Waals surface area contributed by atoms with Gasteiger partial charge in [-0.15, -0.1) is 24.0 Å². The molecule has 1 aliphatic rings. The lowest BCUT2D eigenvalue weighted by atomic mass is 10.0. The minimum Gasteiger partial charge on any atom is -0.473 e. The van der Waals surface area contributed by atoms with E-state index in [1.165, 1.54) is 12.8 Å². The molecule has 1 unspecified atom stereocenters. The highest BCUT2D eigenvalue weighted by Gasteiger charge is 2.19. The smallest absolute Gasteiger partial charge is 0.218 e. The summed E-state index contributed by atoms with van der Waals surface area (Å²) in [7, 11) is 1.84. The van der Waals surface area contributed by atoms with Gasteiger partial charge >= 0.3 is 0 Å². The van der Waals surface area contributed by atoms with Crippen LogP contribution in [0.5, 0.6) is 5.88 Å². The number of halogens is 1. The van der Waals surface area contributed by atoms with E-state index in [0.717, 1.165) is 30.2 Å². The van der Waals surface area contributed by atoms with Crippen LogP contribution < -0.4 is 10.1 Å². The summed E-state index contributed by atoms with van der Waals surface area (Å²) in [4.78, 5) is 11.2. The molecule has 1 N–H and O–H groups in total. The fourth-order valence-electron chi connectivity index (χ4n) is 3.30. The lowest BCUT2D eigenvalue weighted by Gasteiger charge is -2.33. The molecule has 0 spiro atoms. The second-order valence-corrected chi connectivity index (χ2v) is 6.84. The van der Waals surface area contributed by atoms with E-state index in [1.54, 1.807) is 6.20 Å². The average Bonchev–Trinajstić information content (AvgIpc) is 2.68. The summed E-state index contributed by atoms with van der Waals surface area (Å²) >= 11 is 0. The molecule has 0 bridgehead atoms. The Hall–Kier alpha value is -1.83. The summed E-state index contributed by atoms with van der Waals surface area (Å²) in [6, 6.07) is 14.1. The number of pyridine rings is 1. The SMILES string of the molecule is CN=C(NCc1cccnc1OCc1ccccc1)N1CCCC(C)C1.I. The first-order chi connectivity index (χ1) is 12.8. The van der Waals surface area contributed by atoms with Crippen LogP contribution in [-0.2, 0) is 13.2 Å². The van der Waals surface area contributed by atoms with E-state index in [1.807, 2.05) is 37.4 Å². The maximum Gasteiger partial charge on any atom is 0.218 e. The normalized spacial score (nSPS) is 17.2. The monoisotopic (exact) mass is 480 g/mol. The van der Waals surface area contributed by atoms with Crippen molar-refractivity contribution in [2.75, 3.05) is 20.1 Å². The highest BCUT2D eigenvalue weighted by molar-refractivity contribution is 14.0. The van der Waals surface area contributed by atoms with Crippen LogP contribution in [0.15, 0.2) is 53.7 Å². The molecule has 0 radical (unpaired) electrons. The first kappa shape index (κ1) is 21.5. The Bertz CT molecular complexity index is 723. The predicted octanol–water partition coefficient (Wildman–Crippen LogP) is 4.09. The van der Waals surface area contributed by atoms with E-state index >= 15 is 0 Å². The third-order valence-electron chi connectivity index (χ3n) is 4.67. The number of guanidine groups is 1. The van der Waals surface area contributed by atoms with Crippen LogP contribution >= 0.6 is 24.0 Å². The number of rotatable bonds is 5. The van der Waals surface area contributed by atoms with Crippen molar-refractivity contribution in [2.24, 2.45) is 10.9 Å². The third kappa shape index (κ3) is 6.37. The maximum atomic E-state index is 5.95. The second-order valence-electron chi connectivity index (χ2n) is 6.84. The summed E-state index contributed by atoms with van der Waals surface area (Å²) in [5.41, 5.74) is 2.17. The van der Waals surface area contributed by atoms with Crippen molar-refractivity contribution in [3.8, 4) is 5.88 Å². The second kappa shape index (κ2) is 11.1. The maximum absolute atomic E-state index is 5.95. The van der Waals surface area contributed by atoms with Crippen LogP contribution in [0.2, 0.25) is 0 Å². The number of aromatic nitrogens is 1. The lowest BCUT2D eigenvalue weighted by molar-refractivity contribution is 0.265. The van der Waals surface area contributed by atoms with Gasteiger partial charge in [-0.2, -0.15) is 0 Å². The van der Waals surface area contributed by atoms with Crippen LogP contribution in [-0.4, -0.2) is 36.0 Å². The molecule has 0 aliphatic carbocycles. The minimum absolute atomic E-state index is 0. The highest BCUT2D eigenvalue weighted by atomic mass is 127. The van der Waals surface area contributed by atoms with E-state index in [4.69, 9.17) is 4.74 Å². The molecule has 1 atom stereocenters. The molecule has 0 amide bonds. The number of hydrogen-bond donors (Lipinski definition) is 1. The first-order valence-electron chi connectivity index (χ1n) is 9.32. The van der Waals surface area contributed by atoms with Crippen molar-refractivity contribution in [3.63, 3.8) is 0 Å². The topological polar surface area (TPSA) is 49.8 Å². The fraction of sp³-hybridized carbons (Fsp3) is 0.429. The van der Waals surface area contributed by atoms with Gasteiger partial charge in [0.1, 0.15) is 6.61 Å². The van der Waals surface area contributed by atoms with Crippen LogP contribution in [0.4, 0.5) is 0 Å². The van der Waals surface area contributed by atoms with E-state index in [9.17, 15) is 0 Å². The van der Waals surface area contributed by atoms with Gasteiger partial charge in [0, 0.05) is 38.4 Å². The van der Waals surface area contributed by atoms with Crippen molar-refractivity contribution in [2.45, 2.75) is 32.9 Å². The van der Waals surface area contributed by atoms with Crippen LogP contribution in [0.25, 0.3) is 0 Å². The van der Waals surface area contributed by atoms with Crippen molar-refractivity contribution in [1.29, 1.82) is 0 Å². The summed E-state index contributed by atoms with van der Waals surface area (Å²) in [5.74, 6) is 2.34. The van der Waals surface area contributed by atoms with E-state index in [0.29, 0.717) is 24.9 Å². The number of ether oxygens (including phenoxy) is 1. The van der Waals surface area contributed by atoms with Gasteiger partial charge in [0.15, 0.2) is 5.96 Å². The lowest BCUT2D eigenvalue weighted by Crippen LogP contribution is -2.45. The molecule has 1 saturated heterocycles. The molecule has 1 aromatic heterocycles. The largest absolute Gasteiger partial charge is 0.473 e. The predicted molar refractivity (Wildman–Crippen MR) is 121 cm³/mol. The zero-order valence-corrected chi connectivity index (χ0v) is 18.4. The Labute approximate surface area is 179 Å². The first-order valence-corrected chi connectivity index (χ1v) is 9.32. The Kier molecular flexibility index (Phi) is 8.84. The molecule has 3 rings (SSSR count). The molecule has 0 saturated carbocycles. The molecular formula is C21H29IN4O. The number of piperidine rings is 1. The molecule has 146 valence electrons. The number of aliphatic imine (C=N–C) groups is 1. The Morgan fingerprint density at radius 1 is 1.26 bits per heavy atom. The van der Waals surface area contributed by atoms with Crippen LogP contribution in [0.3, 0.4) is 0 Å². The summed E-state index contributed by atoms with van der Waals surface area (Å²) < 4.78 is 5.95. The molecule has 6 heteroatoms. The standard InChI is InChI=1S/C21H28N4O.HI/c1-17-8-7-13-25(15-17)21(22-2)24-14-19-11-6-12-23-20(19)26-16-18-9-4-3-5-10-18;/h3-6,9-12,17H,7-8,13-16H2,1-2H3,(H,22,24);1H. The van der Waals surface area contributed by atoms with Crippen molar-refractivity contribution >= 4 is 29.9 Å². The van der Waals surface area contributed by atoms with Gasteiger partial charge in [-0.25, -0.2) is 4.98 Å². The van der Waals surface area contributed by atoms with Gasteiger partial charge in [-0.1, -0.05) is 43.3 Å². The minimum atomic E-state index is 0. The number of likely N-dealkylation sites (tertiary alicyclic amines) is 1. The highest BCUT2D eigenvalue weighted by Crippen LogP contribution is 2.18.